The van der Waals surface area contributed by atoms with Gasteiger partial charge >= 0.3 is 0 Å². The second kappa shape index (κ2) is 4.78. The monoisotopic (exact) mass is 220 g/mol. The van der Waals surface area contributed by atoms with Crippen LogP contribution >= 0.6 is 0 Å². The molecule has 1 aliphatic rings. The number of aromatic nitrogens is 2. The molecule has 2 N–H and O–H groups in total. The Morgan fingerprint density at radius 2 is 2.12 bits per heavy atom. The average Bonchev–Trinajstić information content (AvgIpc) is 3.09. The molecule has 2 rings (SSSR count). The molecule has 1 fully saturated rings. The summed E-state index contributed by atoms with van der Waals surface area (Å²) < 4.78 is 0. The van der Waals surface area contributed by atoms with Gasteiger partial charge in [-0.15, -0.1) is 0 Å². The van der Waals surface area contributed by atoms with E-state index in [0.717, 1.165) is 24.0 Å². The van der Waals surface area contributed by atoms with Gasteiger partial charge in [-0.3, -0.25) is 4.98 Å². The van der Waals surface area contributed by atoms with Crippen molar-refractivity contribution in [1.82, 2.24) is 9.97 Å². The SMILES string of the molecule is CC(C)N(CC1CC1)c1cnc(CN)cn1. The maximum atomic E-state index is 5.51. The first-order valence-corrected chi connectivity index (χ1v) is 5.98. The van der Waals surface area contributed by atoms with Crippen LogP contribution in [0.25, 0.3) is 0 Å². The van der Waals surface area contributed by atoms with Gasteiger partial charge in [-0.2, -0.15) is 0 Å². The largest absolute Gasteiger partial charge is 0.353 e. The Labute approximate surface area is 96.9 Å². The van der Waals surface area contributed by atoms with Crippen LogP contribution in [0, 0.1) is 5.92 Å². The fourth-order valence-corrected chi connectivity index (χ4v) is 1.75. The summed E-state index contributed by atoms with van der Waals surface area (Å²) in [6.07, 6.45) is 6.33. The minimum Gasteiger partial charge on any atom is -0.353 e. The Morgan fingerprint density at radius 1 is 1.38 bits per heavy atom. The van der Waals surface area contributed by atoms with Crippen molar-refractivity contribution in [3.63, 3.8) is 0 Å². The third-order valence-electron chi connectivity index (χ3n) is 2.97. The number of rotatable bonds is 5. The molecule has 16 heavy (non-hydrogen) atoms. The molecule has 1 aromatic heterocycles. The van der Waals surface area contributed by atoms with Crippen molar-refractivity contribution in [2.75, 3.05) is 11.4 Å². The van der Waals surface area contributed by atoms with Crippen molar-refractivity contribution >= 4 is 5.82 Å². The van der Waals surface area contributed by atoms with Crippen molar-refractivity contribution in [2.45, 2.75) is 39.3 Å². The van der Waals surface area contributed by atoms with Gasteiger partial charge < -0.3 is 10.6 Å². The van der Waals surface area contributed by atoms with E-state index in [9.17, 15) is 0 Å². The summed E-state index contributed by atoms with van der Waals surface area (Å²) in [4.78, 5) is 11.1. The number of anilines is 1. The number of hydrogen-bond donors (Lipinski definition) is 1. The normalized spacial score (nSPS) is 15.5. The van der Waals surface area contributed by atoms with E-state index < -0.39 is 0 Å². The first kappa shape index (κ1) is 11.3. The van der Waals surface area contributed by atoms with Crippen LogP contribution in [-0.4, -0.2) is 22.6 Å². The molecule has 0 aliphatic heterocycles. The van der Waals surface area contributed by atoms with Crippen molar-refractivity contribution in [3.8, 4) is 0 Å². The fourth-order valence-electron chi connectivity index (χ4n) is 1.75. The highest BCUT2D eigenvalue weighted by atomic mass is 15.2. The summed E-state index contributed by atoms with van der Waals surface area (Å²) in [7, 11) is 0. The third-order valence-corrected chi connectivity index (χ3v) is 2.97. The summed E-state index contributed by atoms with van der Waals surface area (Å²) in [6.45, 7) is 5.95. The van der Waals surface area contributed by atoms with Crippen molar-refractivity contribution in [1.29, 1.82) is 0 Å². The lowest BCUT2D eigenvalue weighted by Crippen LogP contribution is -2.33. The van der Waals surface area contributed by atoms with Crippen LogP contribution in [-0.2, 0) is 6.54 Å². The van der Waals surface area contributed by atoms with Crippen LogP contribution in [0.2, 0.25) is 0 Å². The Kier molecular flexibility index (Phi) is 3.39. The number of nitrogens with zero attached hydrogens (tertiary/aromatic N) is 3. The molecular formula is C12H20N4. The third kappa shape index (κ3) is 2.70. The number of nitrogens with two attached hydrogens (primary N) is 1. The van der Waals surface area contributed by atoms with E-state index in [1.165, 1.54) is 12.8 Å². The molecule has 4 heteroatoms. The topological polar surface area (TPSA) is 55.0 Å². The van der Waals surface area contributed by atoms with E-state index in [4.69, 9.17) is 5.73 Å². The van der Waals surface area contributed by atoms with Crippen LogP contribution in [0.5, 0.6) is 0 Å². The van der Waals surface area contributed by atoms with E-state index in [2.05, 4.69) is 28.7 Å². The van der Waals surface area contributed by atoms with Crippen LogP contribution in [0.3, 0.4) is 0 Å². The van der Waals surface area contributed by atoms with Gasteiger partial charge in [0, 0.05) is 19.1 Å². The zero-order valence-electron chi connectivity index (χ0n) is 10.1. The Bertz CT molecular complexity index is 329. The first-order chi connectivity index (χ1) is 7.70. The molecule has 0 amide bonds. The molecule has 1 aromatic rings. The molecule has 0 bridgehead atoms. The van der Waals surface area contributed by atoms with Gasteiger partial charge in [-0.25, -0.2) is 4.98 Å². The molecular weight excluding hydrogens is 200 g/mol. The maximum Gasteiger partial charge on any atom is 0.147 e. The van der Waals surface area contributed by atoms with Gasteiger partial charge in [-0.1, -0.05) is 0 Å². The minimum absolute atomic E-state index is 0.456. The standard InChI is InChI=1S/C12H20N4/c1-9(2)16(8-10-3-4-10)12-7-14-11(5-13)6-15-12/h6-7,9-10H,3-5,8,13H2,1-2H3. The minimum atomic E-state index is 0.456. The van der Waals surface area contributed by atoms with Crippen molar-refractivity contribution in [2.24, 2.45) is 11.7 Å². The van der Waals surface area contributed by atoms with Gasteiger partial charge in [0.15, 0.2) is 0 Å². The molecule has 0 spiro atoms. The zero-order valence-corrected chi connectivity index (χ0v) is 10.1. The van der Waals surface area contributed by atoms with E-state index in [-0.39, 0.29) is 0 Å². The fraction of sp³-hybridized carbons (Fsp3) is 0.667. The zero-order chi connectivity index (χ0) is 11.5. The lowest BCUT2D eigenvalue weighted by atomic mass is 10.2. The summed E-state index contributed by atoms with van der Waals surface area (Å²) >= 11 is 0. The van der Waals surface area contributed by atoms with Gasteiger partial charge in [0.1, 0.15) is 5.82 Å². The van der Waals surface area contributed by atoms with Gasteiger partial charge in [0.05, 0.1) is 18.1 Å². The van der Waals surface area contributed by atoms with E-state index in [0.29, 0.717) is 12.6 Å². The van der Waals surface area contributed by atoms with Crippen molar-refractivity contribution < 1.29 is 0 Å². The van der Waals surface area contributed by atoms with Crippen LogP contribution in [0.4, 0.5) is 5.82 Å². The highest BCUT2D eigenvalue weighted by Crippen LogP contribution is 2.31. The summed E-state index contributed by atoms with van der Waals surface area (Å²) in [6, 6.07) is 0.471. The Morgan fingerprint density at radius 3 is 2.56 bits per heavy atom. The van der Waals surface area contributed by atoms with Gasteiger partial charge in [0.25, 0.3) is 0 Å². The highest BCUT2D eigenvalue weighted by molar-refractivity contribution is 5.37. The number of hydrogen-bond acceptors (Lipinski definition) is 4. The summed E-state index contributed by atoms with van der Waals surface area (Å²) in [5.41, 5.74) is 6.36. The van der Waals surface area contributed by atoms with Crippen LogP contribution in [0.15, 0.2) is 12.4 Å². The highest BCUT2D eigenvalue weighted by Gasteiger charge is 2.26. The lowest BCUT2D eigenvalue weighted by Gasteiger charge is -2.27. The van der Waals surface area contributed by atoms with Gasteiger partial charge in [-0.05, 0) is 32.6 Å². The predicted octanol–water partition coefficient (Wildman–Crippen LogP) is 1.56. The van der Waals surface area contributed by atoms with Crippen LogP contribution in [0.1, 0.15) is 32.4 Å². The molecule has 88 valence electrons. The molecule has 0 radical (unpaired) electrons. The summed E-state index contributed by atoms with van der Waals surface area (Å²) in [5, 5.41) is 0. The molecule has 4 nitrogen and oxygen atoms in total. The first-order valence-electron chi connectivity index (χ1n) is 5.98. The van der Waals surface area contributed by atoms with Crippen molar-refractivity contribution in [3.05, 3.63) is 18.1 Å². The van der Waals surface area contributed by atoms with E-state index in [1.54, 1.807) is 6.20 Å². The molecule has 0 unspecified atom stereocenters. The quantitative estimate of drug-likeness (QED) is 0.818. The lowest BCUT2D eigenvalue weighted by molar-refractivity contribution is 0.634. The molecule has 0 aromatic carbocycles. The van der Waals surface area contributed by atoms with Gasteiger partial charge in [0.2, 0.25) is 0 Å². The Balaban J connectivity index is 2.10. The average molecular weight is 220 g/mol. The smallest absolute Gasteiger partial charge is 0.147 e. The predicted molar refractivity (Wildman–Crippen MR) is 65.1 cm³/mol. The maximum absolute atomic E-state index is 5.51. The Hall–Kier alpha value is -1.16. The van der Waals surface area contributed by atoms with E-state index >= 15 is 0 Å². The summed E-state index contributed by atoms with van der Waals surface area (Å²) in [5.74, 6) is 1.83. The second-order valence-corrected chi connectivity index (χ2v) is 4.76. The molecule has 1 heterocycles. The van der Waals surface area contributed by atoms with Crippen LogP contribution < -0.4 is 10.6 Å². The second-order valence-electron chi connectivity index (χ2n) is 4.76. The molecule has 1 aliphatic carbocycles. The molecule has 1 saturated carbocycles. The molecule has 0 saturated heterocycles. The van der Waals surface area contributed by atoms with E-state index in [1.807, 2.05) is 6.20 Å². The molecule has 0 atom stereocenters.